The highest BCUT2D eigenvalue weighted by Crippen LogP contribution is 2.19. The number of hydrogen-bond donors (Lipinski definition) is 1. The predicted octanol–water partition coefficient (Wildman–Crippen LogP) is 1.91. The first-order valence-electron chi connectivity index (χ1n) is 5.72. The van der Waals surface area contributed by atoms with Gasteiger partial charge in [0.1, 0.15) is 6.04 Å². The van der Waals surface area contributed by atoms with Gasteiger partial charge in [-0.15, -0.1) is 0 Å². The van der Waals surface area contributed by atoms with Crippen LogP contribution in [0.1, 0.15) is 24.5 Å². The summed E-state index contributed by atoms with van der Waals surface area (Å²) in [4.78, 5) is 13.0. The average Bonchev–Trinajstić information content (AvgIpc) is 2.49. The summed E-state index contributed by atoms with van der Waals surface area (Å²) in [6, 6.07) is 7.92. The maximum Gasteiger partial charge on any atom is 0.320 e. The molecule has 0 saturated heterocycles. The van der Waals surface area contributed by atoms with Gasteiger partial charge in [0.2, 0.25) is 0 Å². The summed E-state index contributed by atoms with van der Waals surface area (Å²) in [6.07, 6.45) is 2.09. The zero-order chi connectivity index (χ0) is 11.5. The molecule has 1 atom stereocenters. The van der Waals surface area contributed by atoms with Crippen LogP contribution in [0.2, 0.25) is 0 Å². The highest BCUT2D eigenvalue weighted by molar-refractivity contribution is 5.72. The number of aryl methyl sites for hydroxylation is 1. The van der Waals surface area contributed by atoms with Gasteiger partial charge >= 0.3 is 5.97 Å². The van der Waals surface area contributed by atoms with E-state index in [1.165, 1.54) is 11.1 Å². The normalized spacial score (nSPS) is 18.6. The Hall–Kier alpha value is -1.35. The van der Waals surface area contributed by atoms with Gasteiger partial charge in [-0.1, -0.05) is 24.3 Å². The van der Waals surface area contributed by atoms with E-state index in [1.807, 2.05) is 11.0 Å². The van der Waals surface area contributed by atoms with Crippen LogP contribution in [0, 0.1) is 0 Å². The van der Waals surface area contributed by atoms with Crippen molar-refractivity contribution in [1.82, 2.24) is 4.90 Å². The van der Waals surface area contributed by atoms with E-state index in [0.717, 1.165) is 25.9 Å². The molecule has 0 radical (unpaired) electrons. The van der Waals surface area contributed by atoms with Gasteiger partial charge in [0.05, 0.1) is 0 Å². The van der Waals surface area contributed by atoms with E-state index in [4.69, 9.17) is 5.11 Å². The van der Waals surface area contributed by atoms with E-state index in [9.17, 15) is 4.79 Å². The molecule has 86 valence electrons. The Kier molecular flexibility index (Phi) is 3.25. The van der Waals surface area contributed by atoms with Gasteiger partial charge in [-0.25, -0.2) is 0 Å². The fraction of sp³-hybridized carbons (Fsp3) is 0.462. The number of carboxylic acid groups (broad SMARTS) is 1. The molecule has 0 spiro atoms. The molecule has 1 aliphatic rings. The Morgan fingerprint density at radius 1 is 1.38 bits per heavy atom. The van der Waals surface area contributed by atoms with Crippen LogP contribution in [0.4, 0.5) is 0 Å². The molecule has 0 amide bonds. The molecule has 1 heterocycles. The van der Waals surface area contributed by atoms with E-state index < -0.39 is 12.0 Å². The van der Waals surface area contributed by atoms with E-state index in [1.54, 1.807) is 6.92 Å². The van der Waals surface area contributed by atoms with E-state index >= 15 is 0 Å². The largest absolute Gasteiger partial charge is 0.480 e. The smallest absolute Gasteiger partial charge is 0.320 e. The monoisotopic (exact) mass is 219 g/mol. The number of hydrogen-bond acceptors (Lipinski definition) is 2. The summed E-state index contributed by atoms with van der Waals surface area (Å²) in [6.45, 7) is 3.38. The molecule has 1 N–H and O–H groups in total. The maximum atomic E-state index is 11.0. The molecular weight excluding hydrogens is 202 g/mol. The first-order chi connectivity index (χ1) is 7.68. The standard InChI is InChI=1S/C13H17NO2/c1-10(13(15)16)14-8-4-7-11-5-2-3-6-12(11)9-14/h2-3,5-6,10H,4,7-9H2,1H3,(H,15,16). The Morgan fingerprint density at radius 3 is 2.75 bits per heavy atom. The van der Waals surface area contributed by atoms with Gasteiger partial charge in [-0.2, -0.15) is 0 Å². The molecule has 0 bridgehead atoms. The van der Waals surface area contributed by atoms with Crippen LogP contribution in [-0.4, -0.2) is 28.6 Å². The van der Waals surface area contributed by atoms with Gasteiger partial charge in [-0.05, 0) is 37.4 Å². The second-order valence-electron chi connectivity index (χ2n) is 4.36. The van der Waals surface area contributed by atoms with Crippen molar-refractivity contribution in [2.75, 3.05) is 6.54 Å². The van der Waals surface area contributed by atoms with Crippen molar-refractivity contribution in [3.05, 3.63) is 35.4 Å². The zero-order valence-corrected chi connectivity index (χ0v) is 9.52. The molecule has 3 nitrogen and oxygen atoms in total. The zero-order valence-electron chi connectivity index (χ0n) is 9.52. The van der Waals surface area contributed by atoms with Crippen molar-refractivity contribution in [2.45, 2.75) is 32.4 Å². The van der Waals surface area contributed by atoms with Crippen molar-refractivity contribution in [3.63, 3.8) is 0 Å². The van der Waals surface area contributed by atoms with Crippen molar-refractivity contribution >= 4 is 5.97 Å². The van der Waals surface area contributed by atoms with Crippen molar-refractivity contribution in [2.24, 2.45) is 0 Å². The topological polar surface area (TPSA) is 40.5 Å². The minimum absolute atomic E-state index is 0.397. The Labute approximate surface area is 95.7 Å². The van der Waals surface area contributed by atoms with E-state index in [2.05, 4.69) is 18.2 Å². The van der Waals surface area contributed by atoms with Gasteiger partial charge < -0.3 is 5.11 Å². The van der Waals surface area contributed by atoms with Gasteiger partial charge in [-0.3, -0.25) is 9.69 Å². The first-order valence-corrected chi connectivity index (χ1v) is 5.72. The average molecular weight is 219 g/mol. The number of rotatable bonds is 2. The molecule has 0 saturated carbocycles. The second kappa shape index (κ2) is 4.66. The number of benzene rings is 1. The molecule has 1 aliphatic heterocycles. The minimum Gasteiger partial charge on any atom is -0.480 e. The quantitative estimate of drug-likeness (QED) is 0.826. The number of carbonyl (C=O) groups is 1. The highest BCUT2D eigenvalue weighted by atomic mass is 16.4. The third kappa shape index (κ3) is 2.25. The highest BCUT2D eigenvalue weighted by Gasteiger charge is 2.23. The van der Waals surface area contributed by atoms with Crippen LogP contribution in [0.15, 0.2) is 24.3 Å². The first kappa shape index (κ1) is 11.1. The minimum atomic E-state index is -0.737. The van der Waals surface area contributed by atoms with Crippen LogP contribution in [0.3, 0.4) is 0 Å². The van der Waals surface area contributed by atoms with Crippen LogP contribution in [-0.2, 0) is 17.8 Å². The maximum absolute atomic E-state index is 11.0. The fourth-order valence-corrected chi connectivity index (χ4v) is 2.21. The number of nitrogens with zero attached hydrogens (tertiary/aromatic N) is 1. The van der Waals surface area contributed by atoms with Gasteiger partial charge in [0.25, 0.3) is 0 Å². The Bertz CT molecular complexity index is 389. The number of carboxylic acids is 1. The molecule has 0 aliphatic carbocycles. The molecule has 16 heavy (non-hydrogen) atoms. The van der Waals surface area contributed by atoms with Crippen LogP contribution in [0.25, 0.3) is 0 Å². The summed E-state index contributed by atoms with van der Waals surface area (Å²) in [7, 11) is 0. The lowest BCUT2D eigenvalue weighted by molar-refractivity contribution is -0.142. The lowest BCUT2D eigenvalue weighted by Crippen LogP contribution is -2.38. The Morgan fingerprint density at radius 2 is 2.06 bits per heavy atom. The second-order valence-corrected chi connectivity index (χ2v) is 4.36. The summed E-state index contributed by atoms with van der Waals surface area (Å²) >= 11 is 0. The van der Waals surface area contributed by atoms with Crippen LogP contribution < -0.4 is 0 Å². The molecule has 2 rings (SSSR count). The van der Waals surface area contributed by atoms with Crippen molar-refractivity contribution in [1.29, 1.82) is 0 Å². The summed E-state index contributed by atoms with van der Waals surface area (Å²) < 4.78 is 0. The molecule has 1 aromatic rings. The third-order valence-corrected chi connectivity index (χ3v) is 3.29. The molecule has 3 heteroatoms. The molecular formula is C13H17NO2. The SMILES string of the molecule is CC(C(=O)O)N1CCCc2ccccc2C1. The summed E-state index contributed by atoms with van der Waals surface area (Å²) in [5.74, 6) is -0.737. The third-order valence-electron chi connectivity index (χ3n) is 3.29. The van der Waals surface area contributed by atoms with E-state index in [0.29, 0.717) is 0 Å². The van der Waals surface area contributed by atoms with E-state index in [-0.39, 0.29) is 0 Å². The summed E-state index contributed by atoms with van der Waals surface area (Å²) in [5.41, 5.74) is 2.63. The fourth-order valence-electron chi connectivity index (χ4n) is 2.21. The molecule has 1 aromatic carbocycles. The van der Waals surface area contributed by atoms with Gasteiger partial charge in [0, 0.05) is 6.54 Å². The van der Waals surface area contributed by atoms with Gasteiger partial charge in [0.15, 0.2) is 0 Å². The van der Waals surface area contributed by atoms with Crippen LogP contribution in [0.5, 0.6) is 0 Å². The van der Waals surface area contributed by atoms with Crippen molar-refractivity contribution in [3.8, 4) is 0 Å². The lowest BCUT2D eigenvalue weighted by atomic mass is 10.0. The number of fused-ring (bicyclic) bond motifs is 1. The molecule has 0 aromatic heterocycles. The lowest BCUT2D eigenvalue weighted by Gasteiger charge is -2.24. The predicted molar refractivity (Wildman–Crippen MR) is 62.3 cm³/mol. The number of aliphatic carboxylic acids is 1. The molecule has 0 fully saturated rings. The van der Waals surface area contributed by atoms with Crippen molar-refractivity contribution < 1.29 is 9.90 Å². The van der Waals surface area contributed by atoms with Crippen LogP contribution >= 0.6 is 0 Å². The summed E-state index contributed by atoms with van der Waals surface area (Å²) in [5, 5.41) is 9.03. The Balaban J connectivity index is 2.19. The molecule has 1 unspecified atom stereocenters.